The highest BCUT2D eigenvalue weighted by Gasteiger charge is 2.30. The molecule has 1 aromatic carbocycles. The molecule has 0 aromatic heterocycles. The molecule has 20 heavy (non-hydrogen) atoms. The first-order valence-corrected chi connectivity index (χ1v) is 7.66. The summed E-state index contributed by atoms with van der Waals surface area (Å²) < 4.78 is 0. The maximum Gasteiger partial charge on any atom is -0.0138 e. The summed E-state index contributed by atoms with van der Waals surface area (Å²) in [4.78, 5) is 0. The maximum absolute atomic E-state index is 2.48. The van der Waals surface area contributed by atoms with Gasteiger partial charge in [-0.2, -0.15) is 0 Å². The van der Waals surface area contributed by atoms with E-state index in [1.54, 1.807) is 5.57 Å². The molecular weight excluding hydrogens is 240 g/mol. The van der Waals surface area contributed by atoms with Crippen molar-refractivity contribution in [2.45, 2.75) is 48.0 Å². The second-order valence-electron chi connectivity index (χ2n) is 8.08. The number of benzene rings is 1. The minimum atomic E-state index is 0.248. The minimum Gasteiger partial charge on any atom is -0.0727 e. The van der Waals surface area contributed by atoms with E-state index >= 15 is 0 Å². The zero-order valence-electron chi connectivity index (χ0n) is 13.8. The lowest BCUT2D eigenvalue weighted by atomic mass is 9.69. The van der Waals surface area contributed by atoms with E-state index in [1.807, 2.05) is 0 Å². The van der Waals surface area contributed by atoms with Crippen molar-refractivity contribution in [2.75, 3.05) is 0 Å². The molecule has 0 heterocycles. The van der Waals surface area contributed by atoms with Crippen molar-refractivity contribution in [3.8, 4) is 0 Å². The molecule has 1 unspecified atom stereocenters. The first-order chi connectivity index (χ1) is 9.18. The lowest BCUT2D eigenvalue weighted by molar-refractivity contribution is 0.276. The van der Waals surface area contributed by atoms with Gasteiger partial charge in [0, 0.05) is 0 Å². The van der Waals surface area contributed by atoms with Crippen molar-refractivity contribution >= 4 is 5.57 Å². The van der Waals surface area contributed by atoms with Crippen LogP contribution in [0.15, 0.2) is 48.1 Å². The molecule has 0 aliphatic heterocycles. The largest absolute Gasteiger partial charge is 0.0727 e. The number of rotatable bonds is 1. The van der Waals surface area contributed by atoms with Gasteiger partial charge in [-0.25, -0.2) is 0 Å². The summed E-state index contributed by atoms with van der Waals surface area (Å²) in [6.07, 6.45) is 6.07. The highest BCUT2D eigenvalue weighted by atomic mass is 14.3. The Kier molecular flexibility index (Phi) is 3.95. The summed E-state index contributed by atoms with van der Waals surface area (Å²) in [5, 5.41) is 0. The van der Waals surface area contributed by atoms with Crippen molar-refractivity contribution < 1.29 is 0 Å². The Morgan fingerprint density at radius 3 is 2.00 bits per heavy atom. The topological polar surface area (TPSA) is 0 Å². The third-order valence-corrected chi connectivity index (χ3v) is 4.33. The molecule has 2 rings (SSSR count). The van der Waals surface area contributed by atoms with Gasteiger partial charge < -0.3 is 0 Å². The first kappa shape index (κ1) is 15.1. The van der Waals surface area contributed by atoms with E-state index in [-0.39, 0.29) is 5.41 Å². The molecule has 1 aliphatic rings. The molecule has 0 spiro atoms. The molecule has 0 bridgehead atoms. The average Bonchev–Trinajstić information content (AvgIpc) is 2.37. The average molecular weight is 268 g/mol. The fourth-order valence-electron chi connectivity index (χ4n) is 2.70. The third kappa shape index (κ3) is 3.42. The van der Waals surface area contributed by atoms with Crippen LogP contribution in [0.2, 0.25) is 0 Å². The van der Waals surface area contributed by atoms with E-state index in [4.69, 9.17) is 0 Å². The van der Waals surface area contributed by atoms with Crippen LogP contribution >= 0.6 is 0 Å². The molecule has 1 aromatic rings. The molecule has 0 radical (unpaired) electrons. The van der Waals surface area contributed by atoms with Gasteiger partial charge in [0.2, 0.25) is 0 Å². The van der Waals surface area contributed by atoms with Gasteiger partial charge >= 0.3 is 0 Å². The smallest absolute Gasteiger partial charge is 0.0138 e. The van der Waals surface area contributed by atoms with Crippen LogP contribution in [0.5, 0.6) is 0 Å². The van der Waals surface area contributed by atoms with Gasteiger partial charge in [0.1, 0.15) is 0 Å². The van der Waals surface area contributed by atoms with Crippen LogP contribution in [0.25, 0.3) is 5.57 Å². The van der Waals surface area contributed by atoms with Gasteiger partial charge in [-0.05, 0) is 34.3 Å². The molecule has 0 saturated carbocycles. The zero-order valence-corrected chi connectivity index (χ0v) is 13.8. The van der Waals surface area contributed by atoms with Crippen molar-refractivity contribution in [3.05, 3.63) is 53.6 Å². The standard InChI is InChI=1S/C20H28/c1-19(2,3)17-12-16(15-10-8-7-9-11-15)13-18(14-17)20(4,5)6/h7-13,17H,14H2,1-6H3. The molecule has 1 atom stereocenters. The highest BCUT2D eigenvalue weighted by Crippen LogP contribution is 2.43. The van der Waals surface area contributed by atoms with Crippen molar-refractivity contribution in [1.82, 2.24) is 0 Å². The van der Waals surface area contributed by atoms with E-state index in [2.05, 4.69) is 84.0 Å². The Bertz CT molecular complexity index is 515. The Morgan fingerprint density at radius 1 is 0.900 bits per heavy atom. The summed E-state index contributed by atoms with van der Waals surface area (Å²) >= 11 is 0. The summed E-state index contributed by atoms with van der Waals surface area (Å²) in [6, 6.07) is 10.8. The quantitative estimate of drug-likeness (QED) is 0.576. The Labute approximate surface area is 124 Å². The molecule has 108 valence electrons. The van der Waals surface area contributed by atoms with Gasteiger partial charge in [-0.15, -0.1) is 0 Å². The van der Waals surface area contributed by atoms with E-state index in [9.17, 15) is 0 Å². The predicted molar refractivity (Wildman–Crippen MR) is 89.5 cm³/mol. The number of hydrogen-bond donors (Lipinski definition) is 0. The number of hydrogen-bond acceptors (Lipinski definition) is 0. The Balaban J connectivity index is 2.46. The van der Waals surface area contributed by atoms with Crippen LogP contribution in [0.3, 0.4) is 0 Å². The fourth-order valence-corrected chi connectivity index (χ4v) is 2.70. The molecule has 0 saturated heterocycles. The molecule has 0 N–H and O–H groups in total. The molecular formula is C20H28. The monoisotopic (exact) mass is 268 g/mol. The number of allylic oxidation sites excluding steroid dienone is 4. The van der Waals surface area contributed by atoms with Gasteiger partial charge in [0.05, 0.1) is 0 Å². The van der Waals surface area contributed by atoms with Crippen LogP contribution in [-0.2, 0) is 0 Å². The first-order valence-electron chi connectivity index (χ1n) is 7.66. The Hall–Kier alpha value is -1.30. The predicted octanol–water partition coefficient (Wildman–Crippen LogP) is 6.11. The molecule has 0 heteroatoms. The highest BCUT2D eigenvalue weighted by molar-refractivity contribution is 5.76. The van der Waals surface area contributed by atoms with E-state index in [0.29, 0.717) is 11.3 Å². The van der Waals surface area contributed by atoms with Crippen LogP contribution in [0.4, 0.5) is 0 Å². The SMILES string of the molecule is CC(C)(C)C1=CC(c2ccccc2)=CC(C(C)(C)C)C1. The van der Waals surface area contributed by atoms with Gasteiger partial charge in [0.25, 0.3) is 0 Å². The summed E-state index contributed by atoms with van der Waals surface area (Å²) in [6.45, 7) is 14.0. The molecule has 1 aliphatic carbocycles. The molecule has 0 fully saturated rings. The van der Waals surface area contributed by atoms with Crippen LogP contribution in [0, 0.1) is 16.7 Å². The van der Waals surface area contributed by atoms with E-state index in [0.717, 1.165) is 0 Å². The second kappa shape index (κ2) is 5.24. The van der Waals surface area contributed by atoms with Gasteiger partial charge in [0.15, 0.2) is 0 Å². The lowest BCUT2D eigenvalue weighted by Crippen LogP contribution is -2.24. The fraction of sp³-hybridized carbons (Fsp3) is 0.500. The maximum atomic E-state index is 2.48. The second-order valence-corrected chi connectivity index (χ2v) is 8.08. The van der Waals surface area contributed by atoms with Crippen molar-refractivity contribution in [3.63, 3.8) is 0 Å². The van der Waals surface area contributed by atoms with Gasteiger partial charge in [-0.1, -0.05) is 89.6 Å². The minimum absolute atomic E-state index is 0.248. The van der Waals surface area contributed by atoms with Crippen LogP contribution in [0.1, 0.15) is 53.5 Å². The van der Waals surface area contributed by atoms with Crippen LogP contribution < -0.4 is 0 Å². The van der Waals surface area contributed by atoms with Crippen molar-refractivity contribution in [2.24, 2.45) is 16.7 Å². The summed E-state index contributed by atoms with van der Waals surface area (Å²) in [5.41, 5.74) is 4.85. The lowest BCUT2D eigenvalue weighted by Gasteiger charge is -2.36. The normalized spacial score (nSPS) is 20.4. The molecule has 0 amide bonds. The van der Waals surface area contributed by atoms with E-state index in [1.165, 1.54) is 17.6 Å². The van der Waals surface area contributed by atoms with E-state index < -0.39 is 0 Å². The summed E-state index contributed by atoms with van der Waals surface area (Å²) in [5.74, 6) is 0.608. The summed E-state index contributed by atoms with van der Waals surface area (Å²) in [7, 11) is 0. The molecule has 0 nitrogen and oxygen atoms in total. The van der Waals surface area contributed by atoms with Gasteiger partial charge in [-0.3, -0.25) is 0 Å². The van der Waals surface area contributed by atoms with Crippen LogP contribution in [-0.4, -0.2) is 0 Å². The Morgan fingerprint density at radius 2 is 1.50 bits per heavy atom. The third-order valence-electron chi connectivity index (χ3n) is 4.33. The van der Waals surface area contributed by atoms with Crippen molar-refractivity contribution in [1.29, 1.82) is 0 Å². The zero-order chi connectivity index (χ0) is 15.0.